The largest absolute Gasteiger partial charge is 0.457 e. The fourth-order valence-corrected chi connectivity index (χ4v) is 8.04. The first kappa shape index (κ1) is 23.4. The van der Waals surface area contributed by atoms with Gasteiger partial charge in [-0.25, -0.2) is 4.79 Å². The topological polar surface area (TPSA) is 114 Å². The van der Waals surface area contributed by atoms with Gasteiger partial charge in [-0.3, -0.25) is 14.6 Å². The molecule has 7 heteroatoms. The Hall–Kier alpha value is -2.38. The number of carbonyl (C=O) groups is 3. The zero-order chi connectivity index (χ0) is 24.3. The van der Waals surface area contributed by atoms with Crippen molar-refractivity contribution in [2.24, 2.45) is 28.6 Å². The third kappa shape index (κ3) is 3.16. The van der Waals surface area contributed by atoms with Gasteiger partial charge in [-0.2, -0.15) is 0 Å². The summed E-state index contributed by atoms with van der Waals surface area (Å²) in [5, 5.41) is 20.9. The van der Waals surface area contributed by atoms with Crippen molar-refractivity contribution in [3.63, 3.8) is 0 Å². The number of hydrogen-bond acceptors (Lipinski definition) is 7. The number of hydrogen-bond donors (Lipinski definition) is 2. The van der Waals surface area contributed by atoms with E-state index in [2.05, 4.69) is 11.9 Å². The number of rotatable bonds is 4. The van der Waals surface area contributed by atoms with E-state index < -0.39 is 40.9 Å². The number of aliphatic hydroxyl groups excluding tert-OH is 1. The van der Waals surface area contributed by atoms with E-state index >= 15 is 0 Å². The van der Waals surface area contributed by atoms with E-state index in [0.717, 1.165) is 31.3 Å². The maximum atomic E-state index is 12.9. The SMILES string of the molecule is C[C@]12CC[C@H]3[C@@H](CCC4=CC(=O)CC(OC(=O)c5cccnc5)[C@@]43C)[C@@H]1CC[C@]2(O)C(=O)CO. The highest BCUT2D eigenvalue weighted by Gasteiger charge is 2.67. The molecular formula is C27H33NO6. The first-order chi connectivity index (χ1) is 16.1. The van der Waals surface area contributed by atoms with Crippen LogP contribution in [0.25, 0.3) is 0 Å². The van der Waals surface area contributed by atoms with Gasteiger partial charge in [0.25, 0.3) is 0 Å². The average molecular weight is 468 g/mol. The van der Waals surface area contributed by atoms with Gasteiger partial charge >= 0.3 is 5.97 Å². The molecule has 0 spiro atoms. The smallest absolute Gasteiger partial charge is 0.340 e. The third-order valence-corrected chi connectivity index (χ3v) is 9.94. The number of ether oxygens (including phenoxy) is 1. The first-order valence-corrected chi connectivity index (χ1v) is 12.4. The number of carbonyl (C=O) groups excluding carboxylic acids is 3. The van der Waals surface area contributed by atoms with Crippen molar-refractivity contribution in [1.82, 2.24) is 4.98 Å². The van der Waals surface area contributed by atoms with Crippen LogP contribution >= 0.6 is 0 Å². The summed E-state index contributed by atoms with van der Waals surface area (Å²) in [4.78, 5) is 42.1. The van der Waals surface area contributed by atoms with Crippen molar-refractivity contribution in [2.75, 3.05) is 6.61 Å². The molecule has 0 bridgehead atoms. The van der Waals surface area contributed by atoms with Crippen LogP contribution in [0, 0.1) is 28.6 Å². The van der Waals surface area contributed by atoms with Gasteiger partial charge in [0.2, 0.25) is 0 Å². The summed E-state index contributed by atoms with van der Waals surface area (Å²) in [6.45, 7) is 3.49. The molecule has 0 aliphatic heterocycles. The van der Waals surface area contributed by atoms with Gasteiger partial charge in [0.1, 0.15) is 18.3 Å². The molecule has 1 aromatic rings. The molecule has 3 saturated carbocycles. The summed E-state index contributed by atoms with van der Waals surface area (Å²) in [6, 6.07) is 3.34. The first-order valence-electron chi connectivity index (χ1n) is 12.4. The second-order valence-corrected chi connectivity index (χ2v) is 11.1. The Balaban J connectivity index is 1.48. The molecule has 7 atom stereocenters. The van der Waals surface area contributed by atoms with Crippen molar-refractivity contribution in [2.45, 2.75) is 70.5 Å². The van der Waals surface area contributed by atoms with Gasteiger partial charge in [0.15, 0.2) is 11.6 Å². The molecule has 182 valence electrons. The monoisotopic (exact) mass is 467 g/mol. The molecule has 2 N–H and O–H groups in total. The molecule has 0 aromatic carbocycles. The maximum Gasteiger partial charge on any atom is 0.340 e. The van der Waals surface area contributed by atoms with Gasteiger partial charge in [0.05, 0.1) is 5.56 Å². The minimum atomic E-state index is -1.50. The maximum absolute atomic E-state index is 12.9. The summed E-state index contributed by atoms with van der Waals surface area (Å²) in [7, 11) is 0. The second kappa shape index (κ2) is 8.09. The second-order valence-electron chi connectivity index (χ2n) is 11.1. The average Bonchev–Trinajstić information content (AvgIpc) is 3.11. The van der Waals surface area contributed by atoms with Gasteiger partial charge in [-0.05, 0) is 74.5 Å². The van der Waals surface area contributed by atoms with E-state index in [0.29, 0.717) is 18.4 Å². The third-order valence-electron chi connectivity index (χ3n) is 9.94. The van der Waals surface area contributed by atoms with E-state index in [4.69, 9.17) is 4.74 Å². The fraction of sp³-hybridized carbons (Fsp3) is 0.630. The standard InChI is InChI=1S/C27H33NO6/c1-25-9-7-21-19(20(25)8-10-27(25,33)22(31)15-29)6-5-17-12-18(30)13-23(26(17,21)2)34-24(32)16-4-3-11-28-14-16/h3-4,11-12,14,19-21,23,29,33H,5-10,13,15H2,1-2H3/t19-,20-,21-,23?,25-,26-,27-/m0/s1. The van der Waals surface area contributed by atoms with Crippen molar-refractivity contribution >= 4 is 17.5 Å². The predicted molar refractivity (Wildman–Crippen MR) is 123 cm³/mol. The molecule has 5 rings (SSSR count). The lowest BCUT2D eigenvalue weighted by atomic mass is 9.45. The number of nitrogens with zero attached hydrogens (tertiary/aromatic N) is 1. The van der Waals surface area contributed by atoms with E-state index in [1.165, 1.54) is 6.20 Å². The lowest BCUT2D eigenvalue weighted by molar-refractivity contribution is -0.168. The number of Topliss-reactive ketones (excluding diaryl/α,β-unsaturated/α-hetero) is 1. The number of esters is 1. The number of aliphatic hydroxyl groups is 2. The Morgan fingerprint density at radius 1 is 1.18 bits per heavy atom. The zero-order valence-corrected chi connectivity index (χ0v) is 19.8. The minimum absolute atomic E-state index is 0.0145. The van der Waals surface area contributed by atoms with Crippen molar-refractivity contribution < 1.29 is 29.3 Å². The molecular weight excluding hydrogens is 434 g/mol. The van der Waals surface area contributed by atoms with Gasteiger partial charge in [-0.1, -0.05) is 19.4 Å². The highest BCUT2D eigenvalue weighted by atomic mass is 16.5. The normalized spacial score (nSPS) is 41.1. The van der Waals surface area contributed by atoms with Crippen LogP contribution in [0.4, 0.5) is 0 Å². The molecule has 4 aliphatic carbocycles. The van der Waals surface area contributed by atoms with Crippen molar-refractivity contribution in [3.8, 4) is 0 Å². The zero-order valence-electron chi connectivity index (χ0n) is 19.8. The number of aromatic nitrogens is 1. The molecule has 34 heavy (non-hydrogen) atoms. The number of pyridine rings is 1. The minimum Gasteiger partial charge on any atom is -0.457 e. The summed E-state index contributed by atoms with van der Waals surface area (Å²) in [5.74, 6) is -0.409. The van der Waals surface area contributed by atoms with Crippen LogP contribution in [0.1, 0.15) is 69.2 Å². The summed E-state index contributed by atoms with van der Waals surface area (Å²) >= 11 is 0. The molecule has 1 aromatic heterocycles. The van der Waals surface area contributed by atoms with Gasteiger partial charge < -0.3 is 14.9 Å². The number of ketones is 2. The molecule has 1 unspecified atom stereocenters. The highest BCUT2D eigenvalue weighted by molar-refractivity contribution is 5.94. The fourth-order valence-electron chi connectivity index (χ4n) is 8.04. The molecule has 3 fully saturated rings. The molecule has 0 amide bonds. The Morgan fingerprint density at radius 2 is 1.94 bits per heavy atom. The summed E-state index contributed by atoms with van der Waals surface area (Å²) < 4.78 is 6.03. The Labute approximate surface area is 199 Å². The molecule has 0 radical (unpaired) electrons. The number of fused-ring (bicyclic) bond motifs is 5. The van der Waals surface area contributed by atoms with Crippen LogP contribution < -0.4 is 0 Å². The Bertz CT molecular complexity index is 1050. The van der Waals surface area contributed by atoms with E-state index in [1.807, 2.05) is 6.92 Å². The molecule has 4 aliphatic rings. The Morgan fingerprint density at radius 3 is 2.65 bits per heavy atom. The predicted octanol–water partition coefficient (Wildman–Crippen LogP) is 3.04. The van der Waals surface area contributed by atoms with Crippen LogP contribution in [0.3, 0.4) is 0 Å². The quantitative estimate of drug-likeness (QED) is 0.654. The molecule has 7 nitrogen and oxygen atoms in total. The van der Waals surface area contributed by atoms with Gasteiger partial charge in [-0.15, -0.1) is 0 Å². The van der Waals surface area contributed by atoms with Crippen LogP contribution in [-0.2, 0) is 14.3 Å². The lowest BCUT2D eigenvalue weighted by Crippen LogP contribution is -2.60. The van der Waals surface area contributed by atoms with E-state index in [-0.39, 0.29) is 30.0 Å². The van der Waals surface area contributed by atoms with Crippen molar-refractivity contribution in [1.29, 1.82) is 0 Å². The van der Waals surface area contributed by atoms with Crippen molar-refractivity contribution in [3.05, 3.63) is 41.7 Å². The lowest BCUT2D eigenvalue weighted by Gasteiger charge is -2.60. The van der Waals surface area contributed by atoms with E-state index in [9.17, 15) is 24.6 Å². The summed E-state index contributed by atoms with van der Waals surface area (Å²) in [5.41, 5.74) is -1.14. The highest BCUT2D eigenvalue weighted by Crippen LogP contribution is 2.67. The molecule has 0 saturated heterocycles. The van der Waals surface area contributed by atoms with Crippen LogP contribution in [0.5, 0.6) is 0 Å². The van der Waals surface area contributed by atoms with Crippen LogP contribution in [0.15, 0.2) is 36.2 Å². The summed E-state index contributed by atoms with van der Waals surface area (Å²) in [6.07, 6.45) is 8.56. The Kier molecular flexibility index (Phi) is 5.56. The van der Waals surface area contributed by atoms with E-state index in [1.54, 1.807) is 24.4 Å². The van der Waals surface area contributed by atoms with Gasteiger partial charge in [0, 0.05) is 29.6 Å². The van der Waals surface area contributed by atoms with Crippen LogP contribution in [-0.4, -0.2) is 51.0 Å². The molecule has 1 heterocycles. The van der Waals surface area contributed by atoms with Crippen LogP contribution in [0.2, 0.25) is 0 Å².